The average molecular weight is 283 g/mol. The average Bonchev–Trinajstić information content (AvgIpc) is 2.42. The third kappa shape index (κ3) is 5.12. The Kier molecular flexibility index (Phi) is 6.99. The molecule has 0 bridgehead atoms. The molecule has 20 heavy (non-hydrogen) atoms. The second-order valence-corrected chi connectivity index (χ2v) is 5.80. The molecule has 0 spiro atoms. The number of likely N-dealkylation sites (N-methyl/N-ethyl adjacent to an activating group) is 2. The standard InChI is InChI=1S/C15H29N3O2/c1-4-18(5-2)15(20)11-17(3)14(19)10-12-6-8-13(16)9-7-12/h12-13H,4-11,16H2,1-3H3. The molecule has 0 unspecified atom stereocenters. The van der Waals surface area contributed by atoms with Gasteiger partial charge in [0.25, 0.3) is 0 Å². The van der Waals surface area contributed by atoms with E-state index in [0.29, 0.717) is 31.5 Å². The Hall–Kier alpha value is -1.10. The van der Waals surface area contributed by atoms with E-state index in [9.17, 15) is 9.59 Å². The monoisotopic (exact) mass is 283 g/mol. The van der Waals surface area contributed by atoms with Crippen LogP contribution in [0.4, 0.5) is 0 Å². The van der Waals surface area contributed by atoms with Crippen molar-refractivity contribution < 1.29 is 9.59 Å². The van der Waals surface area contributed by atoms with E-state index in [1.54, 1.807) is 16.8 Å². The van der Waals surface area contributed by atoms with Crippen LogP contribution < -0.4 is 5.73 Å². The lowest BCUT2D eigenvalue weighted by Crippen LogP contribution is -2.41. The molecule has 0 aliphatic heterocycles. The van der Waals surface area contributed by atoms with Crippen LogP contribution >= 0.6 is 0 Å². The van der Waals surface area contributed by atoms with Crippen molar-refractivity contribution >= 4 is 11.8 Å². The smallest absolute Gasteiger partial charge is 0.242 e. The van der Waals surface area contributed by atoms with Gasteiger partial charge < -0.3 is 15.5 Å². The van der Waals surface area contributed by atoms with Gasteiger partial charge in [0.2, 0.25) is 11.8 Å². The van der Waals surface area contributed by atoms with Gasteiger partial charge in [0.15, 0.2) is 0 Å². The first-order valence-corrected chi connectivity index (χ1v) is 7.75. The number of rotatable bonds is 6. The first kappa shape index (κ1) is 17.0. The van der Waals surface area contributed by atoms with Gasteiger partial charge in [-0.3, -0.25) is 9.59 Å². The van der Waals surface area contributed by atoms with Crippen molar-refractivity contribution in [2.75, 3.05) is 26.7 Å². The van der Waals surface area contributed by atoms with Crippen LogP contribution in [0.15, 0.2) is 0 Å². The number of hydrogen-bond acceptors (Lipinski definition) is 3. The Morgan fingerprint density at radius 3 is 2.10 bits per heavy atom. The van der Waals surface area contributed by atoms with Crippen molar-refractivity contribution in [3.8, 4) is 0 Å². The maximum Gasteiger partial charge on any atom is 0.242 e. The Morgan fingerprint density at radius 1 is 1.05 bits per heavy atom. The van der Waals surface area contributed by atoms with E-state index in [0.717, 1.165) is 25.7 Å². The highest BCUT2D eigenvalue weighted by Gasteiger charge is 2.23. The van der Waals surface area contributed by atoms with Crippen molar-refractivity contribution in [1.29, 1.82) is 0 Å². The molecule has 0 aromatic carbocycles. The summed E-state index contributed by atoms with van der Waals surface area (Å²) < 4.78 is 0. The largest absolute Gasteiger partial charge is 0.342 e. The molecule has 1 fully saturated rings. The zero-order valence-electron chi connectivity index (χ0n) is 13.1. The molecule has 0 saturated heterocycles. The van der Waals surface area contributed by atoms with E-state index >= 15 is 0 Å². The molecule has 5 heteroatoms. The predicted molar refractivity (Wildman–Crippen MR) is 80.1 cm³/mol. The second-order valence-electron chi connectivity index (χ2n) is 5.80. The summed E-state index contributed by atoms with van der Waals surface area (Å²) >= 11 is 0. The first-order valence-electron chi connectivity index (χ1n) is 7.75. The van der Waals surface area contributed by atoms with Gasteiger partial charge in [-0.05, 0) is 45.4 Å². The van der Waals surface area contributed by atoms with Gasteiger partial charge >= 0.3 is 0 Å². The number of nitrogens with zero attached hydrogens (tertiary/aromatic N) is 2. The Labute approximate surface area is 122 Å². The summed E-state index contributed by atoms with van der Waals surface area (Å²) in [4.78, 5) is 27.4. The highest BCUT2D eigenvalue weighted by molar-refractivity contribution is 5.84. The Bertz CT molecular complexity index is 321. The molecule has 116 valence electrons. The SMILES string of the molecule is CCN(CC)C(=O)CN(C)C(=O)CC1CCC(N)CC1. The molecule has 1 aliphatic rings. The Balaban J connectivity index is 2.37. The van der Waals surface area contributed by atoms with E-state index in [1.165, 1.54) is 0 Å². The zero-order valence-corrected chi connectivity index (χ0v) is 13.1. The first-order chi connectivity index (χ1) is 9.47. The minimum absolute atomic E-state index is 0.0246. The fourth-order valence-electron chi connectivity index (χ4n) is 2.76. The third-order valence-corrected chi connectivity index (χ3v) is 4.27. The van der Waals surface area contributed by atoms with Crippen LogP contribution in [0.2, 0.25) is 0 Å². The highest BCUT2D eigenvalue weighted by atomic mass is 16.2. The quantitative estimate of drug-likeness (QED) is 0.797. The fourth-order valence-corrected chi connectivity index (χ4v) is 2.76. The molecule has 0 heterocycles. The van der Waals surface area contributed by atoms with Crippen molar-refractivity contribution in [3.63, 3.8) is 0 Å². The lowest BCUT2D eigenvalue weighted by Gasteiger charge is -2.28. The molecule has 0 aromatic rings. The molecule has 0 atom stereocenters. The van der Waals surface area contributed by atoms with Gasteiger partial charge in [-0.2, -0.15) is 0 Å². The van der Waals surface area contributed by atoms with E-state index in [-0.39, 0.29) is 18.4 Å². The molecule has 2 N–H and O–H groups in total. The molecule has 0 aromatic heterocycles. The van der Waals surface area contributed by atoms with Crippen LogP contribution in [0.25, 0.3) is 0 Å². The summed E-state index contributed by atoms with van der Waals surface area (Å²) in [6.07, 6.45) is 4.64. The van der Waals surface area contributed by atoms with Crippen LogP contribution in [0.3, 0.4) is 0 Å². The molecular formula is C15H29N3O2. The molecule has 2 amide bonds. The molecule has 1 rings (SSSR count). The van der Waals surface area contributed by atoms with Crippen LogP contribution in [-0.2, 0) is 9.59 Å². The van der Waals surface area contributed by atoms with Gasteiger partial charge in [-0.15, -0.1) is 0 Å². The van der Waals surface area contributed by atoms with Crippen LogP contribution in [0.1, 0.15) is 46.0 Å². The summed E-state index contributed by atoms with van der Waals surface area (Å²) in [5, 5.41) is 0. The number of carbonyl (C=O) groups is 2. The van der Waals surface area contributed by atoms with Crippen molar-refractivity contribution in [2.45, 2.75) is 52.0 Å². The van der Waals surface area contributed by atoms with Gasteiger partial charge in [0, 0.05) is 32.6 Å². The topological polar surface area (TPSA) is 66.6 Å². The normalized spacial score (nSPS) is 22.4. The third-order valence-electron chi connectivity index (χ3n) is 4.27. The van der Waals surface area contributed by atoms with Gasteiger partial charge in [-0.1, -0.05) is 0 Å². The molecule has 5 nitrogen and oxygen atoms in total. The van der Waals surface area contributed by atoms with Crippen molar-refractivity contribution in [3.05, 3.63) is 0 Å². The number of hydrogen-bond donors (Lipinski definition) is 1. The molecule has 1 aliphatic carbocycles. The maximum atomic E-state index is 12.2. The maximum absolute atomic E-state index is 12.2. The van der Waals surface area contributed by atoms with Crippen LogP contribution in [0, 0.1) is 5.92 Å². The summed E-state index contributed by atoms with van der Waals surface area (Å²) in [6, 6.07) is 0.309. The van der Waals surface area contributed by atoms with E-state index in [4.69, 9.17) is 5.73 Å². The minimum atomic E-state index is 0.0246. The number of nitrogens with two attached hydrogens (primary N) is 1. The van der Waals surface area contributed by atoms with Gasteiger partial charge in [-0.25, -0.2) is 0 Å². The molecular weight excluding hydrogens is 254 g/mol. The van der Waals surface area contributed by atoms with Crippen molar-refractivity contribution in [2.24, 2.45) is 11.7 Å². The summed E-state index contributed by atoms with van der Waals surface area (Å²) in [5.41, 5.74) is 5.87. The van der Waals surface area contributed by atoms with E-state index in [2.05, 4.69) is 0 Å². The minimum Gasteiger partial charge on any atom is -0.342 e. The fraction of sp³-hybridized carbons (Fsp3) is 0.867. The summed E-state index contributed by atoms with van der Waals surface area (Å²) in [5.74, 6) is 0.538. The second kappa shape index (κ2) is 8.25. The molecule has 0 radical (unpaired) electrons. The summed E-state index contributed by atoms with van der Waals surface area (Å²) in [7, 11) is 1.72. The van der Waals surface area contributed by atoms with Crippen molar-refractivity contribution in [1.82, 2.24) is 9.80 Å². The van der Waals surface area contributed by atoms with Crippen LogP contribution in [0.5, 0.6) is 0 Å². The van der Waals surface area contributed by atoms with Crippen LogP contribution in [-0.4, -0.2) is 54.3 Å². The number of amides is 2. The number of carbonyl (C=O) groups excluding carboxylic acids is 2. The van der Waals surface area contributed by atoms with Gasteiger partial charge in [0.05, 0.1) is 6.54 Å². The van der Waals surface area contributed by atoms with E-state index in [1.807, 2.05) is 13.8 Å². The zero-order chi connectivity index (χ0) is 15.1. The predicted octanol–water partition coefficient (Wildman–Crippen LogP) is 1.22. The molecule has 1 saturated carbocycles. The lowest BCUT2D eigenvalue weighted by atomic mass is 9.84. The Morgan fingerprint density at radius 2 is 1.60 bits per heavy atom. The van der Waals surface area contributed by atoms with E-state index < -0.39 is 0 Å². The van der Waals surface area contributed by atoms with Gasteiger partial charge in [0.1, 0.15) is 0 Å². The lowest BCUT2D eigenvalue weighted by molar-refractivity contribution is -0.139. The highest BCUT2D eigenvalue weighted by Crippen LogP contribution is 2.26. The summed E-state index contributed by atoms with van der Waals surface area (Å²) in [6.45, 7) is 5.48.